The van der Waals surface area contributed by atoms with Crippen LogP contribution in [-0.4, -0.2) is 36.7 Å². The Bertz CT molecular complexity index is 254. The van der Waals surface area contributed by atoms with Gasteiger partial charge in [0, 0.05) is 6.54 Å². The van der Waals surface area contributed by atoms with Gasteiger partial charge in [-0.05, 0) is 53.6 Å². The first-order chi connectivity index (χ1) is 7.35. The van der Waals surface area contributed by atoms with Gasteiger partial charge in [0.2, 0.25) is 0 Å². The lowest BCUT2D eigenvalue weighted by molar-refractivity contribution is -0.0173. The van der Waals surface area contributed by atoms with E-state index in [2.05, 4.69) is 38.7 Å². The summed E-state index contributed by atoms with van der Waals surface area (Å²) in [6.07, 6.45) is 1.97. The van der Waals surface area contributed by atoms with Crippen molar-refractivity contribution >= 4 is 0 Å². The maximum Gasteiger partial charge on any atom is 0.0687 e. The molecule has 0 aromatic rings. The summed E-state index contributed by atoms with van der Waals surface area (Å²) in [7, 11) is 0. The van der Waals surface area contributed by atoms with Crippen molar-refractivity contribution in [3.05, 3.63) is 0 Å². The fourth-order valence-corrected chi connectivity index (χ4v) is 1.86. The normalized spacial score (nSPS) is 21.7. The molecule has 0 aromatic carbocycles. The van der Waals surface area contributed by atoms with E-state index >= 15 is 0 Å². The van der Waals surface area contributed by atoms with Gasteiger partial charge in [0.25, 0.3) is 0 Å². The molecule has 0 saturated carbocycles. The molecule has 3 nitrogen and oxygen atoms in total. The van der Waals surface area contributed by atoms with Crippen LogP contribution in [0.5, 0.6) is 0 Å². The number of nitriles is 1. The van der Waals surface area contributed by atoms with E-state index in [-0.39, 0.29) is 11.0 Å². The third-order valence-corrected chi connectivity index (χ3v) is 3.17. The molecule has 1 aliphatic heterocycles. The molecule has 0 aliphatic carbocycles. The molecule has 0 unspecified atom stereocenters. The Morgan fingerprint density at radius 3 is 2.31 bits per heavy atom. The third kappa shape index (κ3) is 4.51. The average molecular weight is 224 g/mol. The monoisotopic (exact) mass is 224 g/mol. The SMILES string of the molecule is CC1(C#N)CCN(CCOC(C)(C)C)CC1. The second-order valence-corrected chi connectivity index (χ2v) is 5.97. The number of ether oxygens (including phenoxy) is 1. The lowest BCUT2D eigenvalue weighted by atomic mass is 9.82. The predicted molar refractivity (Wildman–Crippen MR) is 65.1 cm³/mol. The number of piperidine rings is 1. The molecule has 0 aromatic heterocycles. The van der Waals surface area contributed by atoms with E-state index in [0.29, 0.717) is 0 Å². The first kappa shape index (κ1) is 13.5. The molecule has 0 radical (unpaired) electrons. The molecule has 3 heteroatoms. The smallest absolute Gasteiger partial charge is 0.0687 e. The van der Waals surface area contributed by atoms with Crippen molar-refractivity contribution in [3.63, 3.8) is 0 Å². The van der Waals surface area contributed by atoms with Gasteiger partial charge in [0.05, 0.1) is 23.7 Å². The van der Waals surface area contributed by atoms with Crippen LogP contribution in [0.4, 0.5) is 0 Å². The molecular formula is C13H24N2O. The zero-order valence-corrected chi connectivity index (χ0v) is 11.0. The Hall–Kier alpha value is -0.590. The highest BCUT2D eigenvalue weighted by molar-refractivity contribution is 4.98. The summed E-state index contributed by atoms with van der Waals surface area (Å²) >= 11 is 0. The summed E-state index contributed by atoms with van der Waals surface area (Å²) in [5.74, 6) is 0. The summed E-state index contributed by atoms with van der Waals surface area (Å²) in [6, 6.07) is 2.42. The van der Waals surface area contributed by atoms with Gasteiger partial charge in [-0.15, -0.1) is 0 Å². The fraction of sp³-hybridized carbons (Fsp3) is 0.923. The molecule has 92 valence electrons. The van der Waals surface area contributed by atoms with Gasteiger partial charge in [-0.25, -0.2) is 0 Å². The highest BCUT2D eigenvalue weighted by Crippen LogP contribution is 2.29. The van der Waals surface area contributed by atoms with Gasteiger partial charge >= 0.3 is 0 Å². The second-order valence-electron chi connectivity index (χ2n) is 5.97. The number of likely N-dealkylation sites (tertiary alicyclic amines) is 1. The molecule has 0 atom stereocenters. The van der Waals surface area contributed by atoms with Crippen LogP contribution in [0, 0.1) is 16.7 Å². The van der Waals surface area contributed by atoms with Crippen LogP contribution < -0.4 is 0 Å². The van der Waals surface area contributed by atoms with E-state index in [1.165, 1.54) is 0 Å². The van der Waals surface area contributed by atoms with Gasteiger partial charge in [0.1, 0.15) is 0 Å². The van der Waals surface area contributed by atoms with Crippen molar-refractivity contribution in [2.75, 3.05) is 26.2 Å². The second kappa shape index (κ2) is 5.16. The highest BCUT2D eigenvalue weighted by atomic mass is 16.5. The Balaban J connectivity index is 2.21. The van der Waals surface area contributed by atoms with Crippen LogP contribution >= 0.6 is 0 Å². The van der Waals surface area contributed by atoms with E-state index in [9.17, 15) is 0 Å². The lowest BCUT2D eigenvalue weighted by Gasteiger charge is -2.35. The van der Waals surface area contributed by atoms with Crippen LogP contribution in [0.15, 0.2) is 0 Å². The Kier molecular flexibility index (Phi) is 4.35. The fourth-order valence-electron chi connectivity index (χ4n) is 1.86. The van der Waals surface area contributed by atoms with Gasteiger partial charge in [-0.2, -0.15) is 5.26 Å². The number of nitrogens with zero attached hydrogens (tertiary/aromatic N) is 2. The summed E-state index contributed by atoms with van der Waals surface area (Å²) in [6.45, 7) is 12.1. The zero-order chi connectivity index (χ0) is 12.2. The first-order valence-electron chi connectivity index (χ1n) is 6.12. The molecule has 0 N–H and O–H groups in total. The van der Waals surface area contributed by atoms with Crippen molar-refractivity contribution in [2.45, 2.75) is 46.1 Å². The molecule has 1 heterocycles. The summed E-state index contributed by atoms with van der Waals surface area (Å²) < 4.78 is 5.70. The molecule has 1 saturated heterocycles. The van der Waals surface area contributed by atoms with Crippen molar-refractivity contribution in [1.82, 2.24) is 4.90 Å². The van der Waals surface area contributed by atoms with Crippen molar-refractivity contribution in [3.8, 4) is 6.07 Å². The number of rotatable bonds is 3. The molecule has 0 amide bonds. The van der Waals surface area contributed by atoms with Gasteiger partial charge in [-0.3, -0.25) is 0 Å². The van der Waals surface area contributed by atoms with Gasteiger partial charge in [0.15, 0.2) is 0 Å². The third-order valence-electron chi connectivity index (χ3n) is 3.17. The summed E-state index contributed by atoms with van der Waals surface area (Å²) in [4.78, 5) is 2.39. The van der Waals surface area contributed by atoms with Crippen molar-refractivity contribution in [1.29, 1.82) is 5.26 Å². The van der Waals surface area contributed by atoms with E-state index in [1.807, 2.05) is 0 Å². The minimum Gasteiger partial charge on any atom is -0.375 e. The van der Waals surface area contributed by atoms with Crippen molar-refractivity contribution < 1.29 is 4.74 Å². The van der Waals surface area contributed by atoms with Crippen LogP contribution in [-0.2, 0) is 4.74 Å². The molecule has 0 spiro atoms. The highest BCUT2D eigenvalue weighted by Gasteiger charge is 2.29. The van der Waals surface area contributed by atoms with Gasteiger partial charge < -0.3 is 9.64 Å². The molecule has 1 aliphatic rings. The summed E-state index contributed by atoms with van der Waals surface area (Å²) in [5, 5.41) is 9.03. The molecular weight excluding hydrogens is 200 g/mol. The maximum atomic E-state index is 9.03. The van der Waals surface area contributed by atoms with E-state index in [1.54, 1.807) is 0 Å². The minimum absolute atomic E-state index is 0.0447. The average Bonchev–Trinajstić information content (AvgIpc) is 2.20. The quantitative estimate of drug-likeness (QED) is 0.738. The molecule has 1 fully saturated rings. The first-order valence-corrected chi connectivity index (χ1v) is 6.12. The van der Waals surface area contributed by atoms with E-state index < -0.39 is 0 Å². The zero-order valence-electron chi connectivity index (χ0n) is 11.0. The van der Waals surface area contributed by atoms with Crippen LogP contribution in [0.1, 0.15) is 40.5 Å². The minimum atomic E-state index is -0.0958. The van der Waals surface area contributed by atoms with Gasteiger partial charge in [-0.1, -0.05) is 0 Å². The van der Waals surface area contributed by atoms with Crippen molar-refractivity contribution in [2.24, 2.45) is 5.41 Å². The largest absolute Gasteiger partial charge is 0.375 e. The van der Waals surface area contributed by atoms with Crippen LogP contribution in [0.3, 0.4) is 0 Å². The topological polar surface area (TPSA) is 36.3 Å². The predicted octanol–water partition coefficient (Wildman–Crippen LogP) is 2.43. The Morgan fingerprint density at radius 1 is 1.31 bits per heavy atom. The molecule has 0 bridgehead atoms. The van der Waals surface area contributed by atoms with E-state index in [0.717, 1.165) is 39.1 Å². The number of hydrogen-bond acceptors (Lipinski definition) is 3. The lowest BCUT2D eigenvalue weighted by Crippen LogP contribution is -2.40. The Labute approximate surface area is 99.4 Å². The summed E-state index contributed by atoms with van der Waals surface area (Å²) in [5.41, 5.74) is -0.141. The van der Waals surface area contributed by atoms with E-state index in [4.69, 9.17) is 10.00 Å². The Morgan fingerprint density at radius 2 is 1.88 bits per heavy atom. The van der Waals surface area contributed by atoms with Crippen LogP contribution in [0.2, 0.25) is 0 Å². The molecule has 16 heavy (non-hydrogen) atoms. The standard InChI is InChI=1S/C13H24N2O/c1-12(2,3)16-10-9-15-7-5-13(4,11-14)6-8-15/h5-10H2,1-4H3. The maximum absolute atomic E-state index is 9.03. The van der Waals surface area contributed by atoms with Crippen LogP contribution in [0.25, 0.3) is 0 Å². The number of hydrogen-bond donors (Lipinski definition) is 0. The molecule has 1 rings (SSSR count).